The Labute approximate surface area is 108 Å². The average Bonchev–Trinajstić information content (AvgIpc) is 2.75. The summed E-state index contributed by atoms with van der Waals surface area (Å²) in [6.07, 6.45) is 2.41. The lowest BCUT2D eigenvalue weighted by Gasteiger charge is -2.11. The number of rotatable bonds is 3. The zero-order valence-corrected chi connectivity index (χ0v) is 10.4. The Morgan fingerprint density at radius 3 is 2.68 bits per heavy atom. The Kier molecular flexibility index (Phi) is 3.55. The van der Waals surface area contributed by atoms with E-state index in [1.807, 2.05) is 6.92 Å². The van der Waals surface area contributed by atoms with Gasteiger partial charge >= 0.3 is 0 Å². The maximum Gasteiger partial charge on any atom is 0.273 e. The number of H-pyrrole nitrogens is 1. The van der Waals surface area contributed by atoms with Gasteiger partial charge in [0.2, 0.25) is 0 Å². The first-order chi connectivity index (χ1) is 8.97. The van der Waals surface area contributed by atoms with E-state index in [9.17, 15) is 13.6 Å². The smallest absolute Gasteiger partial charge is 0.273 e. The second-order valence-corrected chi connectivity index (χ2v) is 4.13. The van der Waals surface area contributed by atoms with Crippen molar-refractivity contribution in [1.82, 2.24) is 20.3 Å². The first-order valence-electron chi connectivity index (χ1n) is 5.61. The third-order valence-corrected chi connectivity index (χ3v) is 2.50. The summed E-state index contributed by atoms with van der Waals surface area (Å²) in [5.41, 5.74) is 0.402. The number of aromatic amines is 1. The summed E-state index contributed by atoms with van der Waals surface area (Å²) in [5, 5.41) is 2.53. The molecule has 100 valence electrons. The summed E-state index contributed by atoms with van der Waals surface area (Å²) in [7, 11) is 0. The molecule has 2 aromatic heterocycles. The van der Waals surface area contributed by atoms with Crippen LogP contribution in [0.2, 0.25) is 0 Å². The van der Waals surface area contributed by atoms with E-state index in [0.29, 0.717) is 11.9 Å². The highest BCUT2D eigenvalue weighted by atomic mass is 19.1. The molecular formula is C12H12F2N4O. The number of amides is 1. The maximum absolute atomic E-state index is 13.4. The summed E-state index contributed by atoms with van der Waals surface area (Å²) in [4.78, 5) is 22.2. The van der Waals surface area contributed by atoms with E-state index in [1.165, 1.54) is 0 Å². The van der Waals surface area contributed by atoms with E-state index in [1.54, 1.807) is 13.1 Å². The molecule has 0 bridgehead atoms. The fourth-order valence-corrected chi connectivity index (χ4v) is 1.57. The van der Waals surface area contributed by atoms with Gasteiger partial charge in [-0.3, -0.25) is 4.79 Å². The molecule has 19 heavy (non-hydrogen) atoms. The third kappa shape index (κ3) is 2.93. The van der Waals surface area contributed by atoms with Gasteiger partial charge in [-0.1, -0.05) is 0 Å². The monoisotopic (exact) mass is 266 g/mol. The Hall–Kier alpha value is -2.31. The summed E-state index contributed by atoms with van der Waals surface area (Å²) < 4.78 is 26.1. The number of hydrogen-bond acceptors (Lipinski definition) is 3. The number of aromatic nitrogens is 3. The molecule has 2 N–H and O–H groups in total. The predicted octanol–water partition coefficient (Wildman–Crippen LogP) is 1.88. The zero-order valence-electron chi connectivity index (χ0n) is 10.4. The van der Waals surface area contributed by atoms with Crippen molar-refractivity contribution in [3.05, 3.63) is 47.3 Å². The topological polar surface area (TPSA) is 70.7 Å². The number of nitrogens with one attached hydrogen (secondary N) is 2. The number of imidazole rings is 1. The average molecular weight is 266 g/mol. The lowest BCUT2D eigenvalue weighted by atomic mass is 10.2. The molecular weight excluding hydrogens is 254 g/mol. The highest BCUT2D eigenvalue weighted by Crippen LogP contribution is 2.11. The lowest BCUT2D eigenvalue weighted by molar-refractivity contribution is 0.0928. The van der Waals surface area contributed by atoms with Crippen molar-refractivity contribution in [1.29, 1.82) is 0 Å². The van der Waals surface area contributed by atoms with Gasteiger partial charge in [0.1, 0.15) is 11.6 Å². The molecule has 0 spiro atoms. The van der Waals surface area contributed by atoms with Gasteiger partial charge in [0, 0.05) is 18.0 Å². The van der Waals surface area contributed by atoms with Crippen LogP contribution in [0.25, 0.3) is 0 Å². The minimum atomic E-state index is -1.000. The Balaban J connectivity index is 2.12. The van der Waals surface area contributed by atoms with E-state index in [-0.39, 0.29) is 0 Å². The fourth-order valence-electron chi connectivity index (χ4n) is 1.57. The van der Waals surface area contributed by atoms with Crippen molar-refractivity contribution in [2.75, 3.05) is 0 Å². The molecule has 0 radical (unpaired) electrons. The molecule has 7 heteroatoms. The van der Waals surface area contributed by atoms with Gasteiger partial charge < -0.3 is 10.3 Å². The van der Waals surface area contributed by atoms with Gasteiger partial charge in [0.05, 0.1) is 12.2 Å². The van der Waals surface area contributed by atoms with E-state index in [4.69, 9.17) is 0 Å². The number of aryl methyl sites for hydroxylation is 1. The molecule has 0 aliphatic carbocycles. The molecule has 2 aromatic rings. The predicted molar refractivity (Wildman–Crippen MR) is 63.4 cm³/mol. The van der Waals surface area contributed by atoms with Crippen LogP contribution >= 0.6 is 0 Å². The van der Waals surface area contributed by atoms with Crippen LogP contribution in [-0.2, 0) is 0 Å². The molecule has 1 atom stereocenters. The molecule has 0 saturated carbocycles. The van der Waals surface area contributed by atoms with Gasteiger partial charge in [0.25, 0.3) is 5.91 Å². The standard InChI is InChI=1S/C12H12F2N4O/c1-6-4-16-11(17-6)7(2)18-12(19)10-9(14)3-8(13)5-15-10/h3-5,7H,1-2H3,(H,16,17)(H,18,19). The van der Waals surface area contributed by atoms with Crippen molar-refractivity contribution >= 4 is 5.91 Å². The molecule has 0 aromatic carbocycles. The van der Waals surface area contributed by atoms with Crippen molar-refractivity contribution in [2.24, 2.45) is 0 Å². The summed E-state index contributed by atoms with van der Waals surface area (Å²) >= 11 is 0. The summed E-state index contributed by atoms with van der Waals surface area (Å²) in [6, 6.07) is 0.177. The van der Waals surface area contributed by atoms with Gasteiger partial charge in [-0.15, -0.1) is 0 Å². The van der Waals surface area contributed by atoms with Crippen LogP contribution in [0.1, 0.15) is 35.0 Å². The largest absolute Gasteiger partial charge is 0.344 e. The number of hydrogen-bond donors (Lipinski definition) is 2. The van der Waals surface area contributed by atoms with Gasteiger partial charge in [0.15, 0.2) is 11.5 Å². The lowest BCUT2D eigenvalue weighted by Crippen LogP contribution is -2.29. The van der Waals surface area contributed by atoms with Crippen molar-refractivity contribution < 1.29 is 13.6 Å². The highest BCUT2D eigenvalue weighted by Gasteiger charge is 2.18. The molecule has 2 heterocycles. The second kappa shape index (κ2) is 5.13. The van der Waals surface area contributed by atoms with Crippen LogP contribution in [-0.4, -0.2) is 20.9 Å². The van der Waals surface area contributed by atoms with Crippen LogP contribution in [0.5, 0.6) is 0 Å². The zero-order chi connectivity index (χ0) is 14.0. The van der Waals surface area contributed by atoms with Crippen LogP contribution in [0.3, 0.4) is 0 Å². The molecule has 5 nitrogen and oxygen atoms in total. The number of nitrogens with zero attached hydrogens (tertiary/aromatic N) is 2. The normalized spacial score (nSPS) is 12.2. The fraction of sp³-hybridized carbons (Fsp3) is 0.250. The Morgan fingerprint density at radius 1 is 1.37 bits per heavy atom. The third-order valence-electron chi connectivity index (χ3n) is 2.50. The molecule has 0 aliphatic heterocycles. The molecule has 1 amide bonds. The minimum absolute atomic E-state index is 0.438. The van der Waals surface area contributed by atoms with Crippen LogP contribution < -0.4 is 5.32 Å². The van der Waals surface area contributed by atoms with Crippen LogP contribution in [0.15, 0.2) is 18.5 Å². The SMILES string of the molecule is Cc1cnc(C(C)NC(=O)c2ncc(F)cc2F)[nH]1. The molecule has 1 unspecified atom stereocenters. The molecule has 0 aliphatic rings. The van der Waals surface area contributed by atoms with Crippen molar-refractivity contribution in [3.63, 3.8) is 0 Å². The minimum Gasteiger partial charge on any atom is -0.344 e. The van der Waals surface area contributed by atoms with E-state index >= 15 is 0 Å². The van der Waals surface area contributed by atoms with E-state index in [2.05, 4.69) is 20.3 Å². The van der Waals surface area contributed by atoms with Crippen LogP contribution in [0.4, 0.5) is 8.78 Å². The number of carbonyl (C=O) groups is 1. The molecule has 0 saturated heterocycles. The highest BCUT2D eigenvalue weighted by molar-refractivity contribution is 5.92. The maximum atomic E-state index is 13.4. The Bertz CT molecular complexity index is 612. The van der Waals surface area contributed by atoms with Crippen LogP contribution in [0, 0.1) is 18.6 Å². The summed E-state index contributed by atoms with van der Waals surface area (Å²) in [6.45, 7) is 3.52. The van der Waals surface area contributed by atoms with Gasteiger partial charge in [-0.05, 0) is 13.8 Å². The Morgan fingerprint density at radius 2 is 2.11 bits per heavy atom. The van der Waals surface area contributed by atoms with Crippen molar-refractivity contribution in [2.45, 2.75) is 19.9 Å². The quantitative estimate of drug-likeness (QED) is 0.891. The molecule has 0 fully saturated rings. The van der Waals surface area contributed by atoms with E-state index < -0.39 is 29.3 Å². The first kappa shape index (κ1) is 13.1. The number of halogens is 2. The summed E-state index contributed by atoms with van der Waals surface area (Å²) in [5.74, 6) is -2.00. The van der Waals surface area contributed by atoms with Gasteiger partial charge in [-0.2, -0.15) is 0 Å². The van der Waals surface area contributed by atoms with E-state index in [0.717, 1.165) is 11.9 Å². The van der Waals surface area contributed by atoms with Gasteiger partial charge in [-0.25, -0.2) is 18.7 Å². The first-order valence-corrected chi connectivity index (χ1v) is 5.61. The number of pyridine rings is 1. The molecule has 2 rings (SSSR count). The second-order valence-electron chi connectivity index (χ2n) is 4.13. The number of carbonyl (C=O) groups excluding carboxylic acids is 1. The van der Waals surface area contributed by atoms with Crippen molar-refractivity contribution in [3.8, 4) is 0 Å².